The number of nitrogens with one attached hydrogen (secondary N) is 3. The van der Waals surface area contributed by atoms with E-state index in [0.717, 1.165) is 67.4 Å². The van der Waals surface area contributed by atoms with Gasteiger partial charge < -0.3 is 10.2 Å². The van der Waals surface area contributed by atoms with Crippen molar-refractivity contribution >= 4 is 65.7 Å². The minimum atomic E-state index is -4.51. The van der Waals surface area contributed by atoms with Crippen LogP contribution in [0.5, 0.6) is 0 Å². The summed E-state index contributed by atoms with van der Waals surface area (Å²) in [6, 6.07) is 25.6. The maximum atomic E-state index is 15.7. The van der Waals surface area contributed by atoms with Crippen molar-refractivity contribution in [1.82, 2.24) is 19.8 Å². The highest BCUT2D eigenvalue weighted by atomic mass is 32.2. The Kier molecular flexibility index (Phi) is 14.0. The summed E-state index contributed by atoms with van der Waals surface area (Å²) >= 11 is 2.15. The molecule has 2 aromatic heterocycles. The number of aromatic nitrogens is 2. The second-order valence-electron chi connectivity index (χ2n) is 15.0. The number of sulfonamides is 2. The summed E-state index contributed by atoms with van der Waals surface area (Å²) < 4.78 is 88.8. The van der Waals surface area contributed by atoms with Crippen LogP contribution in [-0.2, 0) is 33.1 Å². The van der Waals surface area contributed by atoms with E-state index in [1.807, 2.05) is 30.1 Å². The van der Waals surface area contributed by atoms with Gasteiger partial charge in [0.25, 0.3) is 20.0 Å². The molecule has 8 rings (SSSR count). The Bertz CT molecular complexity index is 2640. The monoisotopic (exact) mass is 910 g/mol. The van der Waals surface area contributed by atoms with Crippen LogP contribution < -0.4 is 19.7 Å². The van der Waals surface area contributed by atoms with Gasteiger partial charge in [0.05, 0.1) is 15.9 Å². The molecule has 1 unspecified atom stereocenters. The molecule has 12 nitrogen and oxygen atoms in total. The van der Waals surface area contributed by atoms with Crippen molar-refractivity contribution in [1.29, 1.82) is 0 Å². The smallest absolute Gasteiger partial charge is 0.266 e. The minimum absolute atomic E-state index is 0. The second kappa shape index (κ2) is 19.4. The molecule has 2 fully saturated rings. The molecular formula is C43H52F2N8O4S4. The topological polar surface area (TPSA) is 140 Å². The van der Waals surface area contributed by atoms with E-state index in [1.165, 1.54) is 72.6 Å². The molecule has 326 valence electrons. The molecular weight excluding hydrogens is 859 g/mol. The lowest BCUT2D eigenvalue weighted by atomic mass is 10.1. The van der Waals surface area contributed by atoms with E-state index in [-0.39, 0.29) is 36.7 Å². The van der Waals surface area contributed by atoms with E-state index in [0.29, 0.717) is 11.3 Å². The number of benzene rings is 4. The van der Waals surface area contributed by atoms with Crippen molar-refractivity contribution in [3.63, 3.8) is 0 Å². The molecule has 1 atom stereocenters. The molecule has 6 aromatic rings. The Balaban J connectivity index is 0.000000459. The Labute approximate surface area is 367 Å². The van der Waals surface area contributed by atoms with Gasteiger partial charge in [-0.3, -0.25) is 19.2 Å². The van der Waals surface area contributed by atoms with Crippen LogP contribution in [0.2, 0.25) is 0 Å². The van der Waals surface area contributed by atoms with E-state index >= 15 is 8.78 Å². The number of aryl methyl sites for hydroxylation is 1. The third kappa shape index (κ3) is 10.7. The summed E-state index contributed by atoms with van der Waals surface area (Å²) in [5.74, 6) is -2.12. The highest BCUT2D eigenvalue weighted by Crippen LogP contribution is 2.40. The fourth-order valence-electron chi connectivity index (χ4n) is 7.62. The third-order valence-corrected chi connectivity index (χ3v) is 14.9. The number of anilines is 4. The molecule has 18 heteroatoms. The molecule has 4 heterocycles. The van der Waals surface area contributed by atoms with Gasteiger partial charge >= 0.3 is 0 Å². The molecule has 0 saturated carbocycles. The lowest BCUT2D eigenvalue weighted by Crippen LogP contribution is -2.35. The van der Waals surface area contributed by atoms with E-state index < -0.39 is 41.5 Å². The highest BCUT2D eigenvalue weighted by molar-refractivity contribution is 7.93. The average molecular weight is 911 g/mol. The zero-order valence-electron chi connectivity index (χ0n) is 34.0. The molecule has 0 aliphatic carbocycles. The lowest BCUT2D eigenvalue weighted by molar-refractivity contribution is 0.326. The highest BCUT2D eigenvalue weighted by Gasteiger charge is 2.30. The van der Waals surface area contributed by atoms with Gasteiger partial charge in [-0.05, 0) is 80.2 Å². The fourth-order valence-corrected chi connectivity index (χ4v) is 11.3. The van der Waals surface area contributed by atoms with Gasteiger partial charge in [-0.25, -0.2) is 35.6 Å². The van der Waals surface area contributed by atoms with Crippen LogP contribution in [0.25, 0.3) is 10.4 Å². The van der Waals surface area contributed by atoms with Gasteiger partial charge in [-0.1, -0.05) is 60.7 Å². The van der Waals surface area contributed by atoms with Crippen LogP contribution in [0.1, 0.15) is 38.8 Å². The molecule has 2 aliphatic rings. The van der Waals surface area contributed by atoms with Gasteiger partial charge in [0.1, 0.15) is 21.4 Å². The van der Waals surface area contributed by atoms with Gasteiger partial charge in [-0.15, -0.1) is 22.7 Å². The van der Waals surface area contributed by atoms with Gasteiger partial charge in [0.2, 0.25) is 0 Å². The normalized spacial score (nSPS) is 15.9. The number of rotatable bonds is 14. The van der Waals surface area contributed by atoms with Crippen LogP contribution in [0.15, 0.2) is 111 Å². The van der Waals surface area contributed by atoms with Crippen molar-refractivity contribution in [2.45, 2.75) is 55.1 Å². The number of likely N-dealkylation sites (tertiary alicyclic amines) is 2. The zero-order valence-corrected chi connectivity index (χ0v) is 37.3. The van der Waals surface area contributed by atoms with Crippen LogP contribution in [0, 0.1) is 18.6 Å². The number of halogens is 2. The summed E-state index contributed by atoms with van der Waals surface area (Å²) in [4.78, 5) is 13.8. The maximum absolute atomic E-state index is 15.7. The lowest BCUT2D eigenvalue weighted by Gasteiger charge is -2.29. The summed E-state index contributed by atoms with van der Waals surface area (Å²) in [6.07, 6.45) is 3.64. The Morgan fingerprint density at radius 2 is 1.43 bits per heavy atom. The summed E-state index contributed by atoms with van der Waals surface area (Å²) in [7, 11) is -5.53. The first kappa shape index (κ1) is 44.1. The van der Waals surface area contributed by atoms with E-state index in [2.05, 4.69) is 77.0 Å². The largest absolute Gasteiger partial charge is 0.388 e. The molecule has 61 heavy (non-hydrogen) atoms. The summed E-state index contributed by atoms with van der Waals surface area (Å²) in [6.45, 7) is 7.92. The van der Waals surface area contributed by atoms with Crippen LogP contribution in [-0.4, -0.2) is 82.9 Å². The molecule has 2 saturated heterocycles. The third-order valence-electron chi connectivity index (χ3n) is 10.8. The van der Waals surface area contributed by atoms with Crippen molar-refractivity contribution in [2.24, 2.45) is 0 Å². The molecule has 2 aliphatic heterocycles. The standard InChI is InChI=1S/C32H33F2N7O4S4.C11H15N.2H2/c1-20-11-28(25(34)14-27(20)40(3)22-9-10-41(16-22)15-21-7-5-4-6-8-21)49(44,45)39-32-31(47-19-37-32)23-12-29(24(33)13-26(23)35-2)48(42,43)38-30-17-46-18-36-30;1-2-6-11(7-3-1)10-12-8-4-5-9-12;;/h4-8,11-14,17-19,22,35,38-39H,9-10,15-16H2,1-3H3;1-3,6-7H,4-5,8-10H2;2*1H. The number of hydrogen-bond acceptors (Lipinski definition) is 12. The molecule has 4 aromatic carbocycles. The minimum Gasteiger partial charge on any atom is -0.388 e. The SMILES string of the molecule is CNc1cc(F)c(S(=O)(=O)Nc2cscn2)cc1-c1scnc1NS(=O)(=O)c1cc(C)c(N(C)C2CCN(Cc3ccccc3)C2)cc1F.[HH].[HH].c1ccc(CN2CCCC2)cc1. The molecule has 3 N–H and O–H groups in total. The van der Waals surface area contributed by atoms with Crippen molar-refractivity contribution in [2.75, 3.05) is 59.9 Å². The van der Waals surface area contributed by atoms with E-state index in [1.54, 1.807) is 6.92 Å². The predicted octanol–water partition coefficient (Wildman–Crippen LogP) is 8.98. The number of hydrogen-bond donors (Lipinski definition) is 3. The molecule has 0 radical (unpaired) electrons. The number of thiazole rings is 2. The average Bonchev–Trinajstić information content (AvgIpc) is 4.10. The first-order chi connectivity index (χ1) is 29.3. The maximum Gasteiger partial charge on any atom is 0.266 e. The Hall–Kier alpha value is -4.98. The van der Waals surface area contributed by atoms with Crippen molar-refractivity contribution in [3.8, 4) is 10.4 Å². The zero-order chi connectivity index (χ0) is 43.1. The van der Waals surface area contributed by atoms with E-state index in [4.69, 9.17) is 0 Å². The summed E-state index contributed by atoms with van der Waals surface area (Å²) in [5, 5.41) is 4.26. The molecule has 0 amide bonds. The van der Waals surface area contributed by atoms with E-state index in [9.17, 15) is 16.8 Å². The van der Waals surface area contributed by atoms with Gasteiger partial charge in [0.15, 0.2) is 11.6 Å². The quantitative estimate of drug-likeness (QED) is 0.0971. The van der Waals surface area contributed by atoms with Crippen LogP contribution in [0.3, 0.4) is 0 Å². The first-order valence-electron chi connectivity index (χ1n) is 19.8. The Morgan fingerprint density at radius 3 is 2.07 bits per heavy atom. The molecule has 0 spiro atoms. The Morgan fingerprint density at radius 1 is 0.803 bits per heavy atom. The fraction of sp³-hybridized carbons (Fsp3) is 0.302. The van der Waals surface area contributed by atoms with Crippen molar-refractivity contribution in [3.05, 3.63) is 130 Å². The first-order valence-corrected chi connectivity index (χ1v) is 24.5. The van der Waals surface area contributed by atoms with Crippen LogP contribution >= 0.6 is 22.7 Å². The van der Waals surface area contributed by atoms with Crippen LogP contribution in [0.4, 0.5) is 31.8 Å². The second-order valence-corrected chi connectivity index (χ2v) is 19.9. The number of nitrogens with zero attached hydrogens (tertiary/aromatic N) is 5. The predicted molar refractivity (Wildman–Crippen MR) is 246 cm³/mol. The van der Waals surface area contributed by atoms with Gasteiger partial charge in [-0.2, -0.15) is 0 Å². The van der Waals surface area contributed by atoms with Gasteiger partial charge in [0, 0.05) is 71.5 Å². The number of likely N-dealkylation sites (N-methyl/N-ethyl adjacent to an activating group) is 1. The molecule has 0 bridgehead atoms. The summed E-state index contributed by atoms with van der Waals surface area (Å²) in [5.41, 5.74) is 6.93. The van der Waals surface area contributed by atoms with Crippen molar-refractivity contribution < 1.29 is 28.5 Å².